The van der Waals surface area contributed by atoms with Crippen molar-refractivity contribution >= 4 is 5.69 Å². The number of alkyl halides is 2. The van der Waals surface area contributed by atoms with Gasteiger partial charge < -0.3 is 10.2 Å². The van der Waals surface area contributed by atoms with E-state index in [1.807, 2.05) is 12.1 Å². The van der Waals surface area contributed by atoms with Crippen LogP contribution >= 0.6 is 0 Å². The second kappa shape index (κ2) is 5.45. The first kappa shape index (κ1) is 12.3. The minimum absolute atomic E-state index is 0.147. The molecule has 1 aromatic carbocycles. The van der Waals surface area contributed by atoms with Crippen molar-refractivity contribution in [2.24, 2.45) is 0 Å². The first-order valence-corrected chi connectivity index (χ1v) is 5.96. The average Bonchev–Trinajstić information content (AvgIpc) is 2.28. The molecule has 0 spiro atoms. The zero-order valence-corrected chi connectivity index (χ0v) is 10.00. The highest BCUT2D eigenvalue weighted by Crippen LogP contribution is 2.31. The molecule has 0 amide bonds. The van der Waals surface area contributed by atoms with E-state index < -0.39 is 6.43 Å². The van der Waals surface area contributed by atoms with E-state index in [0.717, 1.165) is 18.7 Å². The van der Waals surface area contributed by atoms with E-state index in [0.29, 0.717) is 12.5 Å². The van der Waals surface area contributed by atoms with Crippen LogP contribution in [-0.4, -0.2) is 38.0 Å². The fraction of sp³-hybridized carbons (Fsp3) is 0.538. The Labute approximate surface area is 101 Å². The van der Waals surface area contributed by atoms with Gasteiger partial charge in [0, 0.05) is 24.7 Å². The lowest BCUT2D eigenvalue weighted by Crippen LogP contribution is -2.31. The number of hydrogen-bond donors (Lipinski definition) is 1. The van der Waals surface area contributed by atoms with Gasteiger partial charge in [0.15, 0.2) is 0 Å². The van der Waals surface area contributed by atoms with Crippen LogP contribution < -0.4 is 5.32 Å². The fourth-order valence-corrected chi connectivity index (χ4v) is 2.43. The standard InChI is InChI=1S/C13H18F2N2/c1-17(9-13(14)15)8-10-6-7-16-12-5-3-2-4-11(10)12/h2-5,10,13,16H,6-9H2,1H3. The molecule has 1 unspecified atom stereocenters. The van der Waals surface area contributed by atoms with E-state index in [-0.39, 0.29) is 6.54 Å². The molecule has 0 aromatic heterocycles. The maximum atomic E-state index is 12.3. The van der Waals surface area contributed by atoms with Gasteiger partial charge in [-0.25, -0.2) is 8.78 Å². The molecule has 1 heterocycles. The number of benzene rings is 1. The van der Waals surface area contributed by atoms with Crippen molar-refractivity contribution in [3.8, 4) is 0 Å². The monoisotopic (exact) mass is 240 g/mol. The Kier molecular flexibility index (Phi) is 3.94. The summed E-state index contributed by atoms with van der Waals surface area (Å²) in [5, 5.41) is 3.34. The topological polar surface area (TPSA) is 15.3 Å². The zero-order chi connectivity index (χ0) is 12.3. The number of nitrogens with zero attached hydrogens (tertiary/aromatic N) is 1. The molecule has 4 heteroatoms. The van der Waals surface area contributed by atoms with Crippen LogP contribution in [0.5, 0.6) is 0 Å². The molecular weight excluding hydrogens is 222 g/mol. The minimum Gasteiger partial charge on any atom is -0.385 e. The lowest BCUT2D eigenvalue weighted by Gasteiger charge is -2.30. The Bertz CT molecular complexity index is 368. The molecule has 1 N–H and O–H groups in total. The normalized spacial score (nSPS) is 19.2. The number of nitrogens with one attached hydrogen (secondary N) is 1. The van der Waals surface area contributed by atoms with Gasteiger partial charge in [-0.15, -0.1) is 0 Å². The van der Waals surface area contributed by atoms with Crippen molar-refractivity contribution in [3.05, 3.63) is 29.8 Å². The van der Waals surface area contributed by atoms with Gasteiger partial charge in [0.2, 0.25) is 0 Å². The van der Waals surface area contributed by atoms with Gasteiger partial charge in [-0.05, 0) is 25.1 Å². The molecule has 2 nitrogen and oxygen atoms in total. The largest absolute Gasteiger partial charge is 0.385 e. The van der Waals surface area contributed by atoms with Gasteiger partial charge in [-0.1, -0.05) is 18.2 Å². The van der Waals surface area contributed by atoms with Gasteiger partial charge in [-0.2, -0.15) is 0 Å². The van der Waals surface area contributed by atoms with Crippen LogP contribution in [0.2, 0.25) is 0 Å². The predicted molar refractivity (Wildman–Crippen MR) is 65.8 cm³/mol. The van der Waals surface area contributed by atoms with Crippen LogP contribution in [-0.2, 0) is 0 Å². The molecule has 1 aliphatic rings. The summed E-state index contributed by atoms with van der Waals surface area (Å²) in [4.78, 5) is 1.72. The van der Waals surface area contributed by atoms with E-state index >= 15 is 0 Å². The summed E-state index contributed by atoms with van der Waals surface area (Å²) in [6.45, 7) is 1.47. The lowest BCUT2D eigenvalue weighted by atomic mass is 9.90. The molecule has 0 bridgehead atoms. The maximum absolute atomic E-state index is 12.3. The van der Waals surface area contributed by atoms with E-state index in [4.69, 9.17) is 0 Å². The Balaban J connectivity index is 2.03. The van der Waals surface area contributed by atoms with Crippen LogP contribution in [0.3, 0.4) is 0 Å². The molecule has 94 valence electrons. The van der Waals surface area contributed by atoms with E-state index in [1.165, 1.54) is 5.56 Å². The molecule has 2 rings (SSSR count). The van der Waals surface area contributed by atoms with Gasteiger partial charge in [0.1, 0.15) is 0 Å². The quantitative estimate of drug-likeness (QED) is 0.870. The van der Waals surface area contributed by atoms with Crippen LogP contribution in [0.1, 0.15) is 17.9 Å². The van der Waals surface area contributed by atoms with Crippen LogP contribution in [0.15, 0.2) is 24.3 Å². The number of likely N-dealkylation sites (N-methyl/N-ethyl adjacent to an activating group) is 1. The molecule has 0 fully saturated rings. The first-order valence-electron chi connectivity index (χ1n) is 5.96. The highest BCUT2D eigenvalue weighted by atomic mass is 19.3. The van der Waals surface area contributed by atoms with Crippen molar-refractivity contribution in [2.45, 2.75) is 18.8 Å². The molecule has 1 aromatic rings. The molecule has 17 heavy (non-hydrogen) atoms. The third-order valence-electron chi connectivity index (χ3n) is 3.19. The smallest absolute Gasteiger partial charge is 0.251 e. The summed E-state index contributed by atoms with van der Waals surface area (Å²) in [7, 11) is 1.76. The lowest BCUT2D eigenvalue weighted by molar-refractivity contribution is 0.0972. The van der Waals surface area contributed by atoms with Crippen LogP contribution in [0.4, 0.5) is 14.5 Å². The number of anilines is 1. The second-order valence-corrected chi connectivity index (χ2v) is 4.61. The SMILES string of the molecule is CN(CC(F)F)CC1CCNc2ccccc21. The van der Waals surface area contributed by atoms with Gasteiger partial charge >= 0.3 is 0 Å². The van der Waals surface area contributed by atoms with Gasteiger partial charge in [-0.3, -0.25) is 0 Å². The maximum Gasteiger partial charge on any atom is 0.251 e. The van der Waals surface area contributed by atoms with Crippen LogP contribution in [0, 0.1) is 0 Å². The van der Waals surface area contributed by atoms with E-state index in [2.05, 4.69) is 17.4 Å². The van der Waals surface area contributed by atoms with Crippen molar-refractivity contribution in [1.29, 1.82) is 0 Å². The highest BCUT2D eigenvalue weighted by Gasteiger charge is 2.21. The average molecular weight is 240 g/mol. The summed E-state index contributed by atoms with van der Waals surface area (Å²) in [5.41, 5.74) is 2.40. The molecule has 0 saturated heterocycles. The first-order chi connectivity index (χ1) is 8.16. The zero-order valence-electron chi connectivity index (χ0n) is 10.00. The highest BCUT2D eigenvalue weighted by molar-refractivity contribution is 5.54. The summed E-state index contributed by atoms with van der Waals surface area (Å²) in [6, 6.07) is 8.14. The molecule has 1 atom stereocenters. The molecule has 0 radical (unpaired) electrons. The third kappa shape index (κ3) is 3.16. The molecule has 0 saturated carbocycles. The molecular formula is C13H18F2N2. The van der Waals surface area contributed by atoms with E-state index in [1.54, 1.807) is 11.9 Å². The summed E-state index contributed by atoms with van der Waals surface area (Å²) in [5.74, 6) is 0.358. The summed E-state index contributed by atoms with van der Waals surface area (Å²) in [6.07, 6.45) is -1.25. The Hall–Kier alpha value is -1.16. The number of rotatable bonds is 4. The fourth-order valence-electron chi connectivity index (χ4n) is 2.43. The van der Waals surface area contributed by atoms with Crippen molar-refractivity contribution in [1.82, 2.24) is 4.90 Å². The molecule has 0 aliphatic carbocycles. The summed E-state index contributed by atoms with van der Waals surface area (Å²) >= 11 is 0. The Morgan fingerprint density at radius 1 is 1.41 bits per heavy atom. The molecule has 1 aliphatic heterocycles. The predicted octanol–water partition coefficient (Wildman–Crippen LogP) is 2.78. The summed E-state index contributed by atoms with van der Waals surface area (Å²) < 4.78 is 24.6. The third-order valence-corrected chi connectivity index (χ3v) is 3.19. The second-order valence-electron chi connectivity index (χ2n) is 4.61. The number of halogens is 2. The van der Waals surface area contributed by atoms with Gasteiger partial charge in [0.05, 0.1) is 6.54 Å². The number of para-hydroxylation sites is 1. The van der Waals surface area contributed by atoms with Crippen LogP contribution in [0.25, 0.3) is 0 Å². The Morgan fingerprint density at radius 3 is 2.94 bits per heavy atom. The van der Waals surface area contributed by atoms with Gasteiger partial charge in [0.25, 0.3) is 6.43 Å². The Morgan fingerprint density at radius 2 is 2.18 bits per heavy atom. The minimum atomic E-state index is -2.25. The van der Waals surface area contributed by atoms with Crippen molar-refractivity contribution in [2.75, 3.05) is 32.0 Å². The number of hydrogen-bond acceptors (Lipinski definition) is 2. The van der Waals surface area contributed by atoms with Crippen molar-refractivity contribution < 1.29 is 8.78 Å². The van der Waals surface area contributed by atoms with Crippen molar-refractivity contribution in [3.63, 3.8) is 0 Å². The van der Waals surface area contributed by atoms with E-state index in [9.17, 15) is 8.78 Å². The number of fused-ring (bicyclic) bond motifs is 1.